The molecule has 0 bridgehead atoms. The minimum absolute atomic E-state index is 0.161. The first-order valence-electron chi connectivity index (χ1n) is 7.69. The van der Waals surface area contributed by atoms with Crippen LogP contribution in [0.2, 0.25) is 10.0 Å². The molecule has 3 nitrogen and oxygen atoms in total. The molecule has 0 aliphatic carbocycles. The Kier molecular flexibility index (Phi) is 4.66. The molecule has 1 atom stereocenters. The minimum atomic E-state index is -0.516. The van der Waals surface area contributed by atoms with Crippen LogP contribution in [0.3, 0.4) is 0 Å². The number of hydrogen-bond donors (Lipinski definition) is 1. The number of rotatable bonds is 3. The van der Waals surface area contributed by atoms with Crippen LogP contribution < -0.4 is 5.32 Å². The summed E-state index contributed by atoms with van der Waals surface area (Å²) in [5.41, 5.74) is 1.64. The highest BCUT2D eigenvalue weighted by atomic mass is 35.5. The monoisotopic (exact) mass is 363 g/mol. The van der Waals surface area contributed by atoms with Gasteiger partial charge in [-0.15, -0.1) is 0 Å². The molecule has 1 unspecified atom stereocenters. The summed E-state index contributed by atoms with van der Waals surface area (Å²) >= 11 is 11.9. The SMILES string of the molecule is CC(C)(C)NC1=C(c2ccc(Cl)cc2)OC(c2ccc(Cl)cc2)O1. The molecule has 126 valence electrons. The van der Waals surface area contributed by atoms with Crippen molar-refractivity contribution < 1.29 is 9.47 Å². The predicted molar refractivity (Wildman–Crippen MR) is 97.6 cm³/mol. The first kappa shape index (κ1) is 17.0. The van der Waals surface area contributed by atoms with Gasteiger partial charge in [-0.25, -0.2) is 0 Å². The molecule has 0 saturated heterocycles. The normalized spacial score (nSPS) is 17.5. The molecule has 0 spiro atoms. The average Bonchev–Trinajstić information content (AvgIpc) is 2.90. The number of halogens is 2. The van der Waals surface area contributed by atoms with Crippen LogP contribution in [0.15, 0.2) is 54.4 Å². The zero-order chi connectivity index (χ0) is 17.3. The van der Waals surface area contributed by atoms with Crippen LogP contribution in [-0.2, 0) is 9.47 Å². The second kappa shape index (κ2) is 6.58. The number of ether oxygens (including phenoxy) is 2. The molecular formula is C19H19Cl2NO2. The lowest BCUT2D eigenvalue weighted by atomic mass is 10.1. The summed E-state index contributed by atoms with van der Waals surface area (Å²) < 4.78 is 12.1. The highest BCUT2D eigenvalue weighted by molar-refractivity contribution is 6.30. The fourth-order valence-corrected chi connectivity index (χ4v) is 2.58. The summed E-state index contributed by atoms with van der Waals surface area (Å²) in [4.78, 5) is 0. The van der Waals surface area contributed by atoms with Gasteiger partial charge in [-0.05, 0) is 57.2 Å². The molecule has 0 saturated carbocycles. The Morgan fingerprint density at radius 3 is 1.92 bits per heavy atom. The Balaban J connectivity index is 1.92. The molecule has 2 aromatic carbocycles. The molecular weight excluding hydrogens is 345 g/mol. The molecule has 0 amide bonds. The summed E-state index contributed by atoms with van der Waals surface area (Å²) in [5, 5.41) is 4.72. The molecule has 0 radical (unpaired) electrons. The third kappa shape index (κ3) is 3.97. The second-order valence-corrected chi connectivity index (χ2v) is 7.53. The van der Waals surface area contributed by atoms with Gasteiger partial charge in [0.05, 0.1) is 0 Å². The number of benzene rings is 2. The van der Waals surface area contributed by atoms with Crippen molar-refractivity contribution in [3.8, 4) is 0 Å². The fraction of sp³-hybridized carbons (Fsp3) is 0.263. The molecule has 0 aromatic heterocycles. The van der Waals surface area contributed by atoms with Gasteiger partial charge in [-0.3, -0.25) is 0 Å². The maximum absolute atomic E-state index is 6.08. The van der Waals surface area contributed by atoms with Crippen molar-refractivity contribution in [1.82, 2.24) is 5.32 Å². The van der Waals surface area contributed by atoms with Crippen molar-refractivity contribution in [2.45, 2.75) is 32.6 Å². The Labute approximate surface area is 152 Å². The average molecular weight is 364 g/mol. The van der Waals surface area contributed by atoms with Crippen molar-refractivity contribution in [1.29, 1.82) is 0 Å². The molecule has 1 aliphatic rings. The highest BCUT2D eigenvalue weighted by Gasteiger charge is 2.31. The fourth-order valence-electron chi connectivity index (χ4n) is 2.33. The van der Waals surface area contributed by atoms with Crippen molar-refractivity contribution in [2.24, 2.45) is 0 Å². The van der Waals surface area contributed by atoms with Gasteiger partial charge in [0.2, 0.25) is 5.88 Å². The van der Waals surface area contributed by atoms with E-state index in [0.29, 0.717) is 21.7 Å². The van der Waals surface area contributed by atoms with Gasteiger partial charge in [-0.2, -0.15) is 0 Å². The maximum Gasteiger partial charge on any atom is 0.269 e. The molecule has 0 fully saturated rings. The van der Waals surface area contributed by atoms with Crippen LogP contribution in [-0.4, -0.2) is 5.54 Å². The van der Waals surface area contributed by atoms with E-state index in [2.05, 4.69) is 26.1 Å². The Morgan fingerprint density at radius 2 is 1.38 bits per heavy atom. The maximum atomic E-state index is 6.08. The quantitative estimate of drug-likeness (QED) is 0.752. The number of nitrogens with one attached hydrogen (secondary N) is 1. The van der Waals surface area contributed by atoms with E-state index in [-0.39, 0.29) is 5.54 Å². The van der Waals surface area contributed by atoms with E-state index >= 15 is 0 Å². The van der Waals surface area contributed by atoms with Gasteiger partial charge in [-0.1, -0.05) is 35.3 Å². The van der Waals surface area contributed by atoms with Crippen LogP contribution in [0.4, 0.5) is 0 Å². The summed E-state index contributed by atoms with van der Waals surface area (Å²) in [7, 11) is 0. The topological polar surface area (TPSA) is 30.5 Å². The zero-order valence-electron chi connectivity index (χ0n) is 13.8. The van der Waals surface area contributed by atoms with Crippen LogP contribution in [0.1, 0.15) is 38.2 Å². The minimum Gasteiger partial charge on any atom is -0.444 e. The van der Waals surface area contributed by atoms with Crippen molar-refractivity contribution in [3.05, 3.63) is 75.6 Å². The van der Waals surface area contributed by atoms with Gasteiger partial charge >= 0.3 is 0 Å². The first-order valence-corrected chi connectivity index (χ1v) is 8.44. The van der Waals surface area contributed by atoms with Crippen molar-refractivity contribution in [3.63, 3.8) is 0 Å². The van der Waals surface area contributed by atoms with Crippen LogP contribution >= 0.6 is 23.2 Å². The van der Waals surface area contributed by atoms with Gasteiger partial charge in [0.25, 0.3) is 6.29 Å². The van der Waals surface area contributed by atoms with E-state index in [9.17, 15) is 0 Å². The van der Waals surface area contributed by atoms with E-state index < -0.39 is 6.29 Å². The van der Waals surface area contributed by atoms with Gasteiger partial charge in [0.15, 0.2) is 5.76 Å². The van der Waals surface area contributed by atoms with Crippen molar-refractivity contribution in [2.75, 3.05) is 0 Å². The third-order valence-corrected chi connectivity index (χ3v) is 3.90. The third-order valence-electron chi connectivity index (χ3n) is 3.39. The first-order chi connectivity index (χ1) is 11.3. The Hall–Kier alpha value is -1.84. The predicted octanol–water partition coefficient (Wildman–Crippen LogP) is 5.75. The lowest BCUT2D eigenvalue weighted by Crippen LogP contribution is -2.35. The summed E-state index contributed by atoms with van der Waals surface area (Å²) in [5.74, 6) is 1.28. The Bertz CT molecular complexity index is 746. The number of hydrogen-bond acceptors (Lipinski definition) is 3. The highest BCUT2D eigenvalue weighted by Crippen LogP contribution is 2.38. The second-order valence-electron chi connectivity index (χ2n) is 6.66. The van der Waals surface area contributed by atoms with Crippen molar-refractivity contribution >= 4 is 29.0 Å². The largest absolute Gasteiger partial charge is 0.444 e. The van der Waals surface area contributed by atoms with E-state index in [4.69, 9.17) is 32.7 Å². The van der Waals surface area contributed by atoms with E-state index in [0.717, 1.165) is 11.1 Å². The molecule has 2 aromatic rings. The Morgan fingerprint density at radius 1 is 0.833 bits per heavy atom. The van der Waals surface area contributed by atoms with E-state index in [1.54, 1.807) is 0 Å². The lowest BCUT2D eigenvalue weighted by Gasteiger charge is -2.22. The van der Waals surface area contributed by atoms with Crippen LogP contribution in [0.5, 0.6) is 0 Å². The van der Waals surface area contributed by atoms with E-state index in [1.165, 1.54) is 0 Å². The van der Waals surface area contributed by atoms with Gasteiger partial charge in [0.1, 0.15) is 0 Å². The zero-order valence-corrected chi connectivity index (χ0v) is 15.3. The van der Waals surface area contributed by atoms with Gasteiger partial charge in [0, 0.05) is 26.7 Å². The van der Waals surface area contributed by atoms with Crippen LogP contribution in [0.25, 0.3) is 5.76 Å². The standard InChI is InChI=1S/C19H19Cl2NO2/c1-19(2,3)22-17-16(12-4-8-14(20)9-5-12)23-18(24-17)13-6-10-15(21)11-7-13/h4-11,18,22H,1-3H3. The molecule has 5 heteroatoms. The molecule has 1 heterocycles. The molecule has 1 aliphatic heterocycles. The summed E-state index contributed by atoms with van der Waals surface area (Å²) in [6, 6.07) is 14.9. The smallest absolute Gasteiger partial charge is 0.269 e. The molecule has 1 N–H and O–H groups in total. The lowest BCUT2D eigenvalue weighted by molar-refractivity contribution is -0.0340. The van der Waals surface area contributed by atoms with Crippen LogP contribution in [0, 0.1) is 0 Å². The van der Waals surface area contributed by atoms with E-state index in [1.807, 2.05) is 48.5 Å². The summed E-state index contributed by atoms with van der Waals surface area (Å²) in [6.07, 6.45) is -0.516. The van der Waals surface area contributed by atoms with Gasteiger partial charge < -0.3 is 14.8 Å². The summed E-state index contributed by atoms with van der Waals surface area (Å²) in [6.45, 7) is 6.20. The molecule has 3 rings (SSSR count). The molecule has 24 heavy (non-hydrogen) atoms.